The monoisotopic (exact) mass is 431 g/mol. The van der Waals surface area contributed by atoms with Crippen LogP contribution in [-0.4, -0.2) is 34.4 Å². The molecule has 32 heavy (non-hydrogen) atoms. The molecule has 2 amide bonds. The van der Waals surface area contributed by atoms with Crippen LogP contribution in [0.1, 0.15) is 44.1 Å². The number of aromatic nitrogens is 2. The van der Waals surface area contributed by atoms with Crippen molar-refractivity contribution in [1.82, 2.24) is 9.97 Å². The molecule has 3 heterocycles. The van der Waals surface area contributed by atoms with Gasteiger partial charge in [-0.05, 0) is 37.6 Å². The number of carbonyl (C=O) groups is 2. The Hall–Kier alpha value is -3.68. The van der Waals surface area contributed by atoms with Crippen LogP contribution in [0.15, 0.2) is 47.3 Å². The van der Waals surface area contributed by atoms with E-state index in [2.05, 4.69) is 32.4 Å². The molecule has 1 fully saturated rings. The van der Waals surface area contributed by atoms with E-state index in [9.17, 15) is 14.4 Å². The van der Waals surface area contributed by atoms with Crippen molar-refractivity contribution >= 4 is 40.0 Å². The van der Waals surface area contributed by atoms with Gasteiger partial charge < -0.3 is 15.5 Å². The Labute approximate surface area is 185 Å². The van der Waals surface area contributed by atoms with Crippen molar-refractivity contribution in [1.29, 1.82) is 0 Å². The lowest BCUT2D eigenvalue weighted by molar-refractivity contribution is -0.123. The minimum atomic E-state index is -0.915. The first kappa shape index (κ1) is 20.2. The van der Waals surface area contributed by atoms with E-state index in [1.54, 1.807) is 0 Å². The zero-order chi connectivity index (χ0) is 22.2. The Morgan fingerprint density at radius 1 is 1.12 bits per heavy atom. The molecule has 0 radical (unpaired) electrons. The lowest BCUT2D eigenvalue weighted by Crippen LogP contribution is -2.42. The molecule has 0 aliphatic carbocycles. The summed E-state index contributed by atoms with van der Waals surface area (Å²) in [6.07, 6.45) is 3.07. The van der Waals surface area contributed by atoms with E-state index in [0.29, 0.717) is 11.6 Å². The van der Waals surface area contributed by atoms with E-state index < -0.39 is 11.8 Å². The number of benzene rings is 2. The van der Waals surface area contributed by atoms with E-state index in [1.807, 2.05) is 42.5 Å². The van der Waals surface area contributed by atoms with Crippen LogP contribution in [0.4, 0.5) is 17.5 Å². The Morgan fingerprint density at radius 2 is 1.94 bits per heavy atom. The predicted octanol–water partition coefficient (Wildman–Crippen LogP) is 3.37. The summed E-state index contributed by atoms with van der Waals surface area (Å²) in [5.74, 6) is -1.02. The maximum atomic E-state index is 13.2. The molecular formula is C24H25N5O3. The second-order valence-electron chi connectivity index (χ2n) is 8.51. The molecule has 0 unspecified atom stereocenters. The van der Waals surface area contributed by atoms with Crippen molar-refractivity contribution in [2.24, 2.45) is 0 Å². The van der Waals surface area contributed by atoms with Crippen molar-refractivity contribution < 1.29 is 9.59 Å². The van der Waals surface area contributed by atoms with Crippen LogP contribution in [0.5, 0.6) is 0 Å². The van der Waals surface area contributed by atoms with E-state index >= 15 is 0 Å². The minimum Gasteiger partial charge on any atom is -0.340 e. The maximum Gasteiger partial charge on any atom is 0.258 e. The summed E-state index contributed by atoms with van der Waals surface area (Å²) < 4.78 is 0. The van der Waals surface area contributed by atoms with Gasteiger partial charge in [0.2, 0.25) is 17.8 Å². The summed E-state index contributed by atoms with van der Waals surface area (Å²) in [6.45, 7) is 2.89. The summed E-state index contributed by atoms with van der Waals surface area (Å²) >= 11 is 0. The number of piperidine rings is 1. The van der Waals surface area contributed by atoms with Crippen LogP contribution in [0.3, 0.4) is 0 Å². The highest BCUT2D eigenvalue weighted by atomic mass is 16.2. The number of nitrogens with one attached hydrogen (secondary N) is 3. The first-order valence-electron chi connectivity index (χ1n) is 11.0. The second-order valence-corrected chi connectivity index (χ2v) is 8.51. The van der Waals surface area contributed by atoms with Crippen LogP contribution >= 0.6 is 0 Å². The molecule has 3 aromatic rings. The van der Waals surface area contributed by atoms with Crippen LogP contribution in [0.25, 0.3) is 10.8 Å². The molecule has 5 rings (SSSR count). The first-order valence-corrected chi connectivity index (χ1v) is 11.0. The van der Waals surface area contributed by atoms with Gasteiger partial charge in [0.15, 0.2) is 0 Å². The van der Waals surface area contributed by atoms with Gasteiger partial charge in [0, 0.05) is 30.1 Å². The number of fused-ring (bicyclic) bond motifs is 2. The highest BCUT2D eigenvalue weighted by molar-refractivity contribution is 6.08. The van der Waals surface area contributed by atoms with Gasteiger partial charge in [0.05, 0.1) is 11.5 Å². The standard InChI is InChI=1S/C24H25N5O3/c1-14-7-4-5-12-29(14)24-27-21-20(23(32)28-24)17(13-19(30)26-21)22(31)25-18-11-6-9-15-8-2-3-10-16(15)18/h2-3,6,8-11,14,17H,4-5,7,12-13H2,1H3,(H,25,31)(H2,26,27,28,30,32)/t14-,17-/m0/s1. The normalized spacial score (nSPS) is 20.5. The molecule has 3 N–H and O–H groups in total. The highest BCUT2D eigenvalue weighted by Gasteiger charge is 2.35. The van der Waals surface area contributed by atoms with Crippen molar-refractivity contribution in [2.75, 3.05) is 22.1 Å². The third kappa shape index (κ3) is 3.62. The van der Waals surface area contributed by atoms with Gasteiger partial charge in [-0.2, -0.15) is 4.98 Å². The topological polar surface area (TPSA) is 107 Å². The molecule has 2 aliphatic heterocycles. The molecule has 0 bridgehead atoms. The third-order valence-corrected chi connectivity index (χ3v) is 6.38. The number of H-pyrrole nitrogens is 1. The smallest absolute Gasteiger partial charge is 0.258 e. The predicted molar refractivity (Wildman–Crippen MR) is 124 cm³/mol. The summed E-state index contributed by atoms with van der Waals surface area (Å²) in [5.41, 5.74) is 0.459. The zero-order valence-corrected chi connectivity index (χ0v) is 17.9. The highest BCUT2D eigenvalue weighted by Crippen LogP contribution is 2.32. The molecule has 8 heteroatoms. The van der Waals surface area contributed by atoms with Crippen molar-refractivity contribution in [2.45, 2.75) is 44.6 Å². The van der Waals surface area contributed by atoms with Gasteiger partial charge in [-0.15, -0.1) is 0 Å². The van der Waals surface area contributed by atoms with E-state index in [-0.39, 0.29) is 35.3 Å². The fourth-order valence-corrected chi connectivity index (χ4v) is 4.69. The quantitative estimate of drug-likeness (QED) is 0.589. The number of anilines is 3. The third-order valence-electron chi connectivity index (χ3n) is 6.38. The second kappa shape index (κ2) is 8.11. The largest absolute Gasteiger partial charge is 0.340 e. The molecule has 8 nitrogen and oxygen atoms in total. The van der Waals surface area contributed by atoms with E-state index in [0.717, 1.165) is 36.6 Å². The van der Waals surface area contributed by atoms with Crippen LogP contribution in [-0.2, 0) is 9.59 Å². The average molecular weight is 431 g/mol. The fraction of sp³-hybridized carbons (Fsp3) is 0.333. The SMILES string of the molecule is C[C@H]1CCCCN1c1nc2c(c(=O)[nH]1)[C@@H](C(=O)Nc1cccc3ccccc13)CC(=O)N2. The maximum absolute atomic E-state index is 13.2. The summed E-state index contributed by atoms with van der Waals surface area (Å²) in [4.78, 5) is 48.2. The lowest BCUT2D eigenvalue weighted by Gasteiger charge is -2.34. The Morgan fingerprint density at radius 3 is 2.78 bits per heavy atom. The van der Waals surface area contributed by atoms with Crippen molar-refractivity contribution in [3.63, 3.8) is 0 Å². The molecule has 2 aromatic carbocycles. The fourth-order valence-electron chi connectivity index (χ4n) is 4.69. The first-order chi connectivity index (χ1) is 15.5. The Balaban J connectivity index is 1.49. The van der Waals surface area contributed by atoms with Crippen molar-refractivity contribution in [3.05, 3.63) is 58.4 Å². The van der Waals surface area contributed by atoms with E-state index in [4.69, 9.17) is 0 Å². The number of aromatic amines is 1. The summed E-state index contributed by atoms with van der Waals surface area (Å²) in [5, 5.41) is 7.50. The molecule has 1 saturated heterocycles. The molecule has 2 aliphatic rings. The van der Waals surface area contributed by atoms with Gasteiger partial charge in [-0.25, -0.2) is 0 Å². The number of nitrogens with zero attached hydrogens (tertiary/aromatic N) is 2. The molecule has 0 saturated carbocycles. The molecular weight excluding hydrogens is 406 g/mol. The molecule has 1 aromatic heterocycles. The van der Waals surface area contributed by atoms with Gasteiger partial charge in [-0.1, -0.05) is 36.4 Å². The number of hydrogen-bond acceptors (Lipinski definition) is 5. The van der Waals surface area contributed by atoms with Crippen molar-refractivity contribution in [3.8, 4) is 0 Å². The van der Waals surface area contributed by atoms with Gasteiger partial charge in [-0.3, -0.25) is 19.4 Å². The molecule has 0 spiro atoms. The minimum absolute atomic E-state index is 0.103. The Bertz CT molecular complexity index is 1260. The Kier molecular flexibility index (Phi) is 5.13. The van der Waals surface area contributed by atoms with Gasteiger partial charge in [0.1, 0.15) is 5.82 Å². The summed E-state index contributed by atoms with van der Waals surface area (Å²) in [6, 6.07) is 13.6. The molecule has 164 valence electrons. The van der Waals surface area contributed by atoms with Gasteiger partial charge >= 0.3 is 0 Å². The van der Waals surface area contributed by atoms with Crippen LogP contribution in [0.2, 0.25) is 0 Å². The van der Waals surface area contributed by atoms with Gasteiger partial charge in [0.25, 0.3) is 5.56 Å². The number of rotatable bonds is 3. The number of amides is 2. The molecule has 2 atom stereocenters. The average Bonchev–Trinajstić information content (AvgIpc) is 2.78. The van der Waals surface area contributed by atoms with Crippen LogP contribution < -0.4 is 21.1 Å². The van der Waals surface area contributed by atoms with Crippen LogP contribution in [0, 0.1) is 0 Å². The van der Waals surface area contributed by atoms with E-state index in [1.165, 1.54) is 0 Å². The zero-order valence-electron chi connectivity index (χ0n) is 17.9. The summed E-state index contributed by atoms with van der Waals surface area (Å²) in [7, 11) is 0. The lowest BCUT2D eigenvalue weighted by atomic mass is 9.92. The number of hydrogen-bond donors (Lipinski definition) is 3. The number of carbonyl (C=O) groups excluding carboxylic acids is 2.